The molecule has 4 saturated carbocycles. The van der Waals surface area contributed by atoms with E-state index in [1.54, 1.807) is 0 Å². The molecule has 0 bridgehead atoms. The van der Waals surface area contributed by atoms with E-state index in [0.29, 0.717) is 31.2 Å². The molecule has 5 aliphatic rings. The number of cyclic esters (lactones) is 1. The van der Waals surface area contributed by atoms with Gasteiger partial charge in [-0.1, -0.05) is 13.8 Å². The number of hydrogen-bond acceptors (Lipinski definition) is 7. The Bertz CT molecular complexity index is 838. The number of hydrogen-bond donors (Lipinski definition) is 1. The van der Waals surface area contributed by atoms with Crippen LogP contribution >= 0.6 is 0 Å². The van der Waals surface area contributed by atoms with E-state index in [-0.39, 0.29) is 35.9 Å². The molecule has 7 heteroatoms. The molecular formula is C25H34O7. The Morgan fingerprint density at radius 1 is 1.06 bits per heavy atom. The number of aliphatic hydroxyl groups is 1. The van der Waals surface area contributed by atoms with E-state index in [1.807, 2.05) is 0 Å². The molecule has 0 aromatic rings. The van der Waals surface area contributed by atoms with E-state index >= 15 is 0 Å². The number of fused-ring (bicyclic) bond motifs is 5. The zero-order valence-corrected chi connectivity index (χ0v) is 19.0. The minimum Gasteiger partial charge on any atom is -0.465 e. The highest BCUT2D eigenvalue weighted by Crippen LogP contribution is 2.70. The smallest absolute Gasteiger partial charge is 0.331 e. The van der Waals surface area contributed by atoms with Crippen LogP contribution in [0.3, 0.4) is 0 Å². The number of carbonyl (C=O) groups excluding carboxylic acids is 3. The van der Waals surface area contributed by atoms with Crippen LogP contribution in [-0.2, 0) is 28.6 Å². The first-order chi connectivity index (χ1) is 15.3. The van der Waals surface area contributed by atoms with Gasteiger partial charge in [0.2, 0.25) is 0 Å². The fraction of sp³-hybridized carbons (Fsp3) is 0.800. The monoisotopic (exact) mass is 446 g/mol. The third kappa shape index (κ3) is 2.92. The predicted octanol–water partition coefficient (Wildman–Crippen LogP) is 2.94. The fourth-order valence-corrected chi connectivity index (χ4v) is 8.82. The Morgan fingerprint density at radius 3 is 2.53 bits per heavy atom. The molecule has 4 fully saturated rings. The lowest BCUT2D eigenvalue weighted by Gasteiger charge is -2.63. The fourth-order valence-electron chi connectivity index (χ4n) is 8.82. The molecule has 5 rings (SSSR count). The number of ether oxygens (including phenoxy) is 3. The van der Waals surface area contributed by atoms with Gasteiger partial charge in [0, 0.05) is 23.8 Å². The Morgan fingerprint density at radius 2 is 1.84 bits per heavy atom. The van der Waals surface area contributed by atoms with Crippen molar-refractivity contribution >= 4 is 18.9 Å². The second-order valence-electron chi connectivity index (χ2n) is 11.3. The average molecular weight is 447 g/mol. The van der Waals surface area contributed by atoms with Gasteiger partial charge >= 0.3 is 5.97 Å². The topological polar surface area (TPSA) is 99.1 Å². The van der Waals surface area contributed by atoms with Gasteiger partial charge in [0.1, 0.15) is 18.8 Å². The van der Waals surface area contributed by atoms with E-state index < -0.39 is 17.1 Å². The summed E-state index contributed by atoms with van der Waals surface area (Å²) in [5.74, 6) is 0.403. The summed E-state index contributed by atoms with van der Waals surface area (Å²) in [6, 6.07) is 0. The maximum atomic E-state index is 12.4. The minimum absolute atomic E-state index is 0.00661. The first-order valence-electron chi connectivity index (χ1n) is 12.0. The molecular weight excluding hydrogens is 412 g/mol. The lowest BCUT2D eigenvalue weighted by molar-refractivity contribution is -0.209. The molecule has 0 spiro atoms. The highest BCUT2D eigenvalue weighted by Gasteiger charge is 2.70. The Balaban J connectivity index is 1.47. The van der Waals surface area contributed by atoms with Gasteiger partial charge in [-0.3, -0.25) is 9.59 Å². The van der Waals surface area contributed by atoms with Crippen molar-refractivity contribution < 1.29 is 33.7 Å². The third-order valence-electron chi connectivity index (χ3n) is 10.4. The standard InChI is InChI=1S/C25H34O7/c1-23-7-5-17(31-13-26)10-16(23)3-4-19-18(23)6-8-24(2)22(15-9-21(28)30-12-15)20(32-14-27)11-25(19,24)29/h9,13-14,16-20,22,29H,3-8,10-12H2,1-2H3/t16-,17+,18?,19?,20+,22+,23+,24-,25+/m1/s1. The summed E-state index contributed by atoms with van der Waals surface area (Å²) in [5.41, 5.74) is -0.508. The van der Waals surface area contributed by atoms with Crippen LogP contribution in [0.15, 0.2) is 11.6 Å². The van der Waals surface area contributed by atoms with Crippen molar-refractivity contribution in [3.63, 3.8) is 0 Å². The highest BCUT2D eigenvalue weighted by molar-refractivity contribution is 5.85. The Labute approximate surface area is 188 Å². The van der Waals surface area contributed by atoms with Crippen molar-refractivity contribution in [3.05, 3.63) is 11.6 Å². The van der Waals surface area contributed by atoms with E-state index in [9.17, 15) is 19.5 Å². The zero-order chi connectivity index (χ0) is 22.7. The zero-order valence-electron chi connectivity index (χ0n) is 19.0. The van der Waals surface area contributed by atoms with Gasteiger partial charge in [-0.05, 0) is 73.7 Å². The van der Waals surface area contributed by atoms with Crippen LogP contribution in [0, 0.1) is 34.5 Å². The molecule has 1 N–H and O–H groups in total. The summed E-state index contributed by atoms with van der Waals surface area (Å²) >= 11 is 0. The van der Waals surface area contributed by atoms with Crippen LogP contribution in [0.5, 0.6) is 0 Å². The third-order valence-corrected chi connectivity index (χ3v) is 10.4. The first-order valence-corrected chi connectivity index (χ1v) is 12.0. The van der Waals surface area contributed by atoms with Crippen LogP contribution in [0.1, 0.15) is 65.2 Å². The van der Waals surface area contributed by atoms with Gasteiger partial charge in [-0.25, -0.2) is 4.79 Å². The minimum atomic E-state index is -0.967. The van der Waals surface area contributed by atoms with Gasteiger partial charge < -0.3 is 19.3 Å². The van der Waals surface area contributed by atoms with Crippen molar-refractivity contribution in [1.29, 1.82) is 0 Å². The van der Waals surface area contributed by atoms with Crippen LogP contribution in [0.2, 0.25) is 0 Å². The predicted molar refractivity (Wildman–Crippen MR) is 113 cm³/mol. The molecule has 0 amide bonds. The molecule has 176 valence electrons. The summed E-state index contributed by atoms with van der Waals surface area (Å²) in [6.45, 7) is 5.75. The van der Waals surface area contributed by atoms with E-state index in [4.69, 9.17) is 14.2 Å². The summed E-state index contributed by atoms with van der Waals surface area (Å²) in [7, 11) is 0. The van der Waals surface area contributed by atoms with Gasteiger partial charge in [0.15, 0.2) is 0 Å². The number of esters is 1. The van der Waals surface area contributed by atoms with Crippen molar-refractivity contribution in [2.45, 2.75) is 83.0 Å². The maximum absolute atomic E-state index is 12.4. The summed E-state index contributed by atoms with van der Waals surface area (Å²) in [6.07, 6.45) is 7.99. The van der Waals surface area contributed by atoms with Crippen LogP contribution < -0.4 is 0 Å². The molecule has 0 radical (unpaired) electrons. The molecule has 0 aromatic carbocycles. The average Bonchev–Trinajstić information content (AvgIpc) is 3.26. The first kappa shape index (κ1) is 21.9. The summed E-state index contributed by atoms with van der Waals surface area (Å²) in [5, 5.41) is 12.4. The lowest BCUT2D eigenvalue weighted by atomic mass is 9.43. The highest BCUT2D eigenvalue weighted by atomic mass is 16.5. The summed E-state index contributed by atoms with van der Waals surface area (Å²) < 4.78 is 16.0. The van der Waals surface area contributed by atoms with Gasteiger partial charge in [0.25, 0.3) is 12.9 Å². The largest absolute Gasteiger partial charge is 0.465 e. The van der Waals surface area contributed by atoms with Crippen molar-refractivity contribution in [3.8, 4) is 0 Å². The maximum Gasteiger partial charge on any atom is 0.331 e. The Hall–Kier alpha value is -1.89. The number of carbonyl (C=O) groups is 3. The van der Waals surface area contributed by atoms with Gasteiger partial charge in [-0.2, -0.15) is 0 Å². The second-order valence-corrected chi connectivity index (χ2v) is 11.3. The molecule has 1 heterocycles. The quantitative estimate of drug-likeness (QED) is 0.394. The van der Waals surface area contributed by atoms with Gasteiger partial charge in [-0.15, -0.1) is 0 Å². The second kappa shape index (κ2) is 7.57. The molecule has 32 heavy (non-hydrogen) atoms. The van der Waals surface area contributed by atoms with Crippen molar-refractivity contribution in [2.75, 3.05) is 6.61 Å². The normalized spacial score (nSPS) is 49.7. The van der Waals surface area contributed by atoms with Crippen LogP contribution in [0.4, 0.5) is 0 Å². The van der Waals surface area contributed by atoms with Gasteiger partial charge in [0.05, 0.1) is 5.60 Å². The van der Waals surface area contributed by atoms with E-state index in [2.05, 4.69) is 13.8 Å². The van der Waals surface area contributed by atoms with E-state index in [0.717, 1.165) is 50.5 Å². The summed E-state index contributed by atoms with van der Waals surface area (Å²) in [4.78, 5) is 34.0. The molecule has 7 nitrogen and oxygen atoms in total. The van der Waals surface area contributed by atoms with E-state index in [1.165, 1.54) is 6.08 Å². The Kier molecular flexibility index (Phi) is 5.19. The van der Waals surface area contributed by atoms with Crippen LogP contribution in [0.25, 0.3) is 0 Å². The molecule has 2 unspecified atom stereocenters. The molecule has 1 aliphatic heterocycles. The van der Waals surface area contributed by atoms with Crippen LogP contribution in [-0.4, -0.2) is 48.4 Å². The molecule has 4 aliphatic carbocycles. The van der Waals surface area contributed by atoms with Crippen molar-refractivity contribution in [2.24, 2.45) is 34.5 Å². The molecule has 9 atom stereocenters. The number of rotatable bonds is 5. The molecule has 0 saturated heterocycles. The van der Waals surface area contributed by atoms with Crippen molar-refractivity contribution in [1.82, 2.24) is 0 Å². The molecule has 0 aromatic heterocycles. The lowest BCUT2D eigenvalue weighted by Crippen LogP contribution is -2.62. The SMILES string of the molecule is C[C@]12CC[C@H](OC=O)C[C@H]1CCC1C2CC[C@]2(C)[C@@H](C3=CC(=O)OC3)[C@@H](OC=O)C[C@]12O.